The summed E-state index contributed by atoms with van der Waals surface area (Å²) in [5, 5.41) is 1.21. The zero-order chi connectivity index (χ0) is 21.8. The van der Waals surface area contributed by atoms with Gasteiger partial charge >= 0.3 is 0 Å². The number of benzene rings is 2. The molecule has 1 aliphatic heterocycles. The number of piperidine rings is 1. The summed E-state index contributed by atoms with van der Waals surface area (Å²) in [6, 6.07) is 11.7. The molecule has 3 aromatic rings. The van der Waals surface area contributed by atoms with Crippen LogP contribution < -0.4 is 14.2 Å². The molecule has 0 aliphatic carbocycles. The van der Waals surface area contributed by atoms with Crippen molar-refractivity contribution in [2.75, 3.05) is 34.4 Å². The largest absolute Gasteiger partial charge is 0.497 e. The van der Waals surface area contributed by atoms with Crippen LogP contribution in [-0.2, 0) is 4.79 Å². The second-order valence-corrected chi connectivity index (χ2v) is 7.70. The molecule has 1 saturated heterocycles. The highest BCUT2D eigenvalue weighted by atomic mass is 16.5. The van der Waals surface area contributed by atoms with Crippen molar-refractivity contribution in [3.05, 3.63) is 59.8 Å². The van der Waals surface area contributed by atoms with E-state index in [4.69, 9.17) is 14.2 Å². The highest BCUT2D eigenvalue weighted by Gasteiger charge is 2.24. The predicted octanol–water partition coefficient (Wildman–Crippen LogP) is 4.61. The minimum Gasteiger partial charge on any atom is -0.497 e. The van der Waals surface area contributed by atoms with Crippen molar-refractivity contribution in [2.24, 2.45) is 0 Å². The van der Waals surface area contributed by atoms with Crippen LogP contribution in [0.5, 0.6) is 17.2 Å². The molecular weight excluding hydrogens is 392 g/mol. The van der Waals surface area contributed by atoms with E-state index in [1.165, 1.54) is 10.9 Å². The van der Waals surface area contributed by atoms with E-state index >= 15 is 0 Å². The summed E-state index contributed by atoms with van der Waals surface area (Å²) < 4.78 is 16.0. The van der Waals surface area contributed by atoms with Crippen LogP contribution in [0.4, 0.5) is 0 Å². The first kappa shape index (κ1) is 20.8. The molecule has 2 heterocycles. The van der Waals surface area contributed by atoms with E-state index < -0.39 is 0 Å². The SMILES string of the molecule is COc1ccc2[nH]cc(C3CCN(C(=O)/C=C/c4ccc(OC)c(OC)c4)CC3)c2c1. The van der Waals surface area contributed by atoms with Crippen LogP contribution in [0.3, 0.4) is 0 Å². The van der Waals surface area contributed by atoms with E-state index in [2.05, 4.69) is 23.3 Å². The van der Waals surface area contributed by atoms with Crippen LogP contribution in [0, 0.1) is 0 Å². The lowest BCUT2D eigenvalue weighted by Gasteiger charge is -2.31. The Morgan fingerprint density at radius 2 is 1.77 bits per heavy atom. The highest BCUT2D eigenvalue weighted by Crippen LogP contribution is 2.35. The molecule has 2 aromatic carbocycles. The third-order valence-corrected chi connectivity index (χ3v) is 5.99. The molecule has 31 heavy (non-hydrogen) atoms. The average Bonchev–Trinajstić information content (AvgIpc) is 3.25. The number of nitrogens with zero attached hydrogens (tertiary/aromatic N) is 1. The monoisotopic (exact) mass is 420 g/mol. The van der Waals surface area contributed by atoms with Gasteiger partial charge in [-0.1, -0.05) is 6.07 Å². The zero-order valence-electron chi connectivity index (χ0n) is 18.2. The zero-order valence-corrected chi connectivity index (χ0v) is 18.2. The maximum Gasteiger partial charge on any atom is 0.246 e. The Labute approximate surface area is 182 Å². The molecule has 0 radical (unpaired) electrons. The Bertz CT molecular complexity index is 1090. The summed E-state index contributed by atoms with van der Waals surface area (Å²) in [4.78, 5) is 18.0. The average molecular weight is 421 g/mol. The fourth-order valence-electron chi connectivity index (χ4n) is 4.23. The van der Waals surface area contributed by atoms with Gasteiger partial charge in [0.25, 0.3) is 0 Å². The summed E-state index contributed by atoms with van der Waals surface area (Å²) in [6.45, 7) is 1.49. The fraction of sp³-hybridized carbons (Fsp3) is 0.320. The molecule has 0 bridgehead atoms. The molecule has 1 amide bonds. The number of hydrogen-bond acceptors (Lipinski definition) is 4. The topological polar surface area (TPSA) is 63.8 Å². The van der Waals surface area contributed by atoms with Gasteiger partial charge in [-0.15, -0.1) is 0 Å². The van der Waals surface area contributed by atoms with E-state index in [9.17, 15) is 4.79 Å². The third-order valence-electron chi connectivity index (χ3n) is 5.99. The lowest BCUT2D eigenvalue weighted by atomic mass is 9.89. The van der Waals surface area contributed by atoms with Gasteiger partial charge in [0, 0.05) is 36.3 Å². The number of hydrogen-bond donors (Lipinski definition) is 1. The maximum absolute atomic E-state index is 12.7. The van der Waals surface area contributed by atoms with Crippen LogP contribution in [0.25, 0.3) is 17.0 Å². The van der Waals surface area contributed by atoms with Gasteiger partial charge in [-0.25, -0.2) is 0 Å². The molecule has 4 rings (SSSR count). The van der Waals surface area contributed by atoms with Crippen molar-refractivity contribution in [1.29, 1.82) is 0 Å². The number of carbonyl (C=O) groups excluding carboxylic acids is 1. The van der Waals surface area contributed by atoms with Gasteiger partial charge in [-0.05, 0) is 66.3 Å². The minimum atomic E-state index is 0.0360. The standard InChI is InChI=1S/C25H28N2O4/c1-29-19-6-7-22-20(15-19)21(16-26-22)18-10-12-27(13-11-18)25(28)9-5-17-4-8-23(30-2)24(14-17)31-3/h4-9,14-16,18,26H,10-13H2,1-3H3/b9-5+. The van der Waals surface area contributed by atoms with Crippen molar-refractivity contribution in [1.82, 2.24) is 9.88 Å². The van der Waals surface area contributed by atoms with Crippen molar-refractivity contribution >= 4 is 22.9 Å². The molecule has 1 aliphatic rings. The van der Waals surface area contributed by atoms with E-state index in [1.807, 2.05) is 35.2 Å². The summed E-state index contributed by atoms with van der Waals surface area (Å²) >= 11 is 0. The maximum atomic E-state index is 12.7. The predicted molar refractivity (Wildman–Crippen MR) is 122 cm³/mol. The molecular formula is C25H28N2O4. The van der Waals surface area contributed by atoms with Crippen LogP contribution in [0.1, 0.15) is 29.9 Å². The van der Waals surface area contributed by atoms with Crippen LogP contribution in [0.15, 0.2) is 48.7 Å². The number of H-pyrrole nitrogens is 1. The van der Waals surface area contributed by atoms with E-state index in [0.29, 0.717) is 17.4 Å². The Hall–Kier alpha value is -3.41. The molecule has 0 saturated carbocycles. The molecule has 0 unspecified atom stereocenters. The Morgan fingerprint density at radius 1 is 1.00 bits per heavy atom. The smallest absolute Gasteiger partial charge is 0.246 e. The first-order valence-electron chi connectivity index (χ1n) is 10.5. The van der Waals surface area contributed by atoms with Crippen LogP contribution in [-0.4, -0.2) is 50.2 Å². The van der Waals surface area contributed by atoms with Gasteiger partial charge in [0.1, 0.15) is 5.75 Å². The summed E-state index contributed by atoms with van der Waals surface area (Å²) in [5.74, 6) is 2.64. The minimum absolute atomic E-state index is 0.0360. The van der Waals surface area contributed by atoms with Gasteiger partial charge in [0.05, 0.1) is 21.3 Å². The third kappa shape index (κ3) is 4.38. The number of aromatic amines is 1. The first-order valence-corrected chi connectivity index (χ1v) is 10.5. The number of nitrogens with one attached hydrogen (secondary N) is 1. The quantitative estimate of drug-likeness (QED) is 0.592. The van der Waals surface area contributed by atoms with Gasteiger partial charge in [0.15, 0.2) is 11.5 Å². The van der Waals surface area contributed by atoms with Gasteiger partial charge in [0.2, 0.25) is 5.91 Å². The number of aromatic nitrogens is 1. The normalized spacial score (nSPS) is 14.9. The van der Waals surface area contributed by atoms with Gasteiger partial charge in [-0.2, -0.15) is 0 Å². The van der Waals surface area contributed by atoms with Gasteiger partial charge < -0.3 is 24.1 Å². The fourth-order valence-corrected chi connectivity index (χ4v) is 4.23. The van der Waals surface area contributed by atoms with Crippen molar-refractivity contribution in [2.45, 2.75) is 18.8 Å². The number of ether oxygens (including phenoxy) is 3. The Balaban J connectivity index is 1.40. The molecule has 1 N–H and O–H groups in total. The van der Waals surface area contributed by atoms with Crippen molar-refractivity contribution in [3.63, 3.8) is 0 Å². The van der Waals surface area contributed by atoms with E-state index in [-0.39, 0.29) is 5.91 Å². The summed E-state index contributed by atoms with van der Waals surface area (Å²) in [5.41, 5.74) is 3.32. The first-order chi connectivity index (χ1) is 15.1. The van der Waals surface area contributed by atoms with Crippen molar-refractivity contribution in [3.8, 4) is 17.2 Å². The molecule has 1 aromatic heterocycles. The lowest BCUT2D eigenvalue weighted by molar-refractivity contribution is -0.126. The molecule has 162 valence electrons. The number of likely N-dealkylation sites (tertiary alicyclic amines) is 1. The number of fused-ring (bicyclic) bond motifs is 1. The van der Waals surface area contributed by atoms with Gasteiger partial charge in [-0.3, -0.25) is 4.79 Å². The molecule has 6 heteroatoms. The Morgan fingerprint density at radius 3 is 2.48 bits per heavy atom. The van der Waals surface area contributed by atoms with Crippen molar-refractivity contribution < 1.29 is 19.0 Å². The Kier molecular flexibility index (Phi) is 6.16. The number of amides is 1. The second kappa shape index (κ2) is 9.16. The highest BCUT2D eigenvalue weighted by molar-refractivity contribution is 5.92. The summed E-state index contributed by atoms with van der Waals surface area (Å²) in [6.07, 6.45) is 7.45. The second-order valence-electron chi connectivity index (χ2n) is 7.70. The van der Waals surface area contributed by atoms with Crippen LogP contribution in [0.2, 0.25) is 0 Å². The number of methoxy groups -OCH3 is 3. The van der Waals surface area contributed by atoms with E-state index in [1.54, 1.807) is 27.4 Å². The number of rotatable bonds is 6. The lowest BCUT2D eigenvalue weighted by Crippen LogP contribution is -2.36. The summed E-state index contributed by atoms with van der Waals surface area (Å²) in [7, 11) is 4.89. The van der Waals surface area contributed by atoms with Crippen LogP contribution >= 0.6 is 0 Å². The molecule has 1 fully saturated rings. The van der Waals surface area contributed by atoms with E-state index in [0.717, 1.165) is 42.8 Å². The molecule has 6 nitrogen and oxygen atoms in total. The molecule has 0 spiro atoms. The molecule has 0 atom stereocenters. The number of carbonyl (C=O) groups is 1.